The number of sulfonamides is 1. The highest BCUT2D eigenvalue weighted by Gasteiger charge is 2.33. The van der Waals surface area contributed by atoms with Crippen LogP contribution in [-0.2, 0) is 14.8 Å². The van der Waals surface area contributed by atoms with Gasteiger partial charge in [0, 0.05) is 17.3 Å². The summed E-state index contributed by atoms with van der Waals surface area (Å²) in [7, 11) is -3.79. The molecule has 3 atom stereocenters. The number of aliphatic hydroxyl groups is 1. The van der Waals surface area contributed by atoms with Crippen LogP contribution in [0.2, 0.25) is 5.02 Å². The largest absolute Gasteiger partial charge is 0.394 e. The second-order valence-electron chi connectivity index (χ2n) is 7.41. The number of anilines is 1. The van der Waals surface area contributed by atoms with E-state index in [1.807, 2.05) is 0 Å². The number of urea groups is 1. The Balaban J connectivity index is 1.46. The van der Waals surface area contributed by atoms with Crippen LogP contribution in [0.3, 0.4) is 0 Å². The lowest BCUT2D eigenvalue weighted by Crippen LogP contribution is -2.51. The van der Waals surface area contributed by atoms with Crippen LogP contribution >= 0.6 is 11.6 Å². The van der Waals surface area contributed by atoms with Gasteiger partial charge in [-0.05, 0) is 67.8 Å². The van der Waals surface area contributed by atoms with Crippen LogP contribution in [0, 0.1) is 5.82 Å². The van der Waals surface area contributed by atoms with Crippen molar-refractivity contribution in [2.24, 2.45) is 0 Å². The Bertz CT molecular complexity index is 1010. The van der Waals surface area contributed by atoms with Crippen LogP contribution in [0.15, 0.2) is 53.4 Å². The van der Waals surface area contributed by atoms with Gasteiger partial charge in [0.2, 0.25) is 10.0 Å². The molecule has 2 aromatic carbocycles. The molecule has 1 aliphatic heterocycles. The minimum absolute atomic E-state index is 0.0806. The van der Waals surface area contributed by atoms with Gasteiger partial charge in [-0.25, -0.2) is 22.3 Å². The second-order valence-corrected chi connectivity index (χ2v) is 9.57. The average molecular weight is 486 g/mol. The molecular weight excluding hydrogens is 461 g/mol. The molecule has 0 radical (unpaired) electrons. The number of ether oxygens (including phenoxy) is 1. The van der Waals surface area contributed by atoms with E-state index in [1.54, 1.807) is 0 Å². The molecule has 0 unspecified atom stereocenters. The Morgan fingerprint density at radius 2 is 1.81 bits per heavy atom. The molecule has 0 spiro atoms. The summed E-state index contributed by atoms with van der Waals surface area (Å²) in [6.07, 6.45) is 0.582. The number of amides is 2. The Morgan fingerprint density at radius 3 is 2.47 bits per heavy atom. The Morgan fingerprint density at radius 1 is 1.12 bits per heavy atom. The summed E-state index contributed by atoms with van der Waals surface area (Å²) in [5.41, 5.74) is 0.467. The Kier molecular flexibility index (Phi) is 8.44. The highest BCUT2D eigenvalue weighted by molar-refractivity contribution is 7.89. The third-order valence-electron chi connectivity index (χ3n) is 5.08. The second kappa shape index (κ2) is 11.1. The van der Waals surface area contributed by atoms with Crippen molar-refractivity contribution in [2.75, 3.05) is 18.5 Å². The molecule has 32 heavy (non-hydrogen) atoms. The maximum Gasteiger partial charge on any atom is 0.319 e. The predicted molar refractivity (Wildman–Crippen MR) is 119 cm³/mol. The van der Waals surface area contributed by atoms with E-state index in [9.17, 15) is 22.7 Å². The van der Waals surface area contributed by atoms with E-state index >= 15 is 0 Å². The fourth-order valence-corrected chi connectivity index (χ4v) is 4.84. The van der Waals surface area contributed by atoms with Crippen molar-refractivity contribution in [1.82, 2.24) is 10.0 Å². The monoisotopic (exact) mass is 485 g/mol. The van der Waals surface area contributed by atoms with E-state index in [2.05, 4.69) is 15.4 Å². The lowest BCUT2D eigenvalue weighted by atomic mass is 9.98. The molecule has 0 aliphatic carbocycles. The highest BCUT2D eigenvalue weighted by Crippen LogP contribution is 2.24. The van der Waals surface area contributed by atoms with Crippen molar-refractivity contribution >= 4 is 33.3 Å². The lowest BCUT2D eigenvalue weighted by molar-refractivity contribution is -0.0871. The number of aliphatic hydroxyl groups excluding tert-OH is 1. The van der Waals surface area contributed by atoms with E-state index in [0.717, 1.165) is 0 Å². The zero-order valence-electron chi connectivity index (χ0n) is 17.1. The lowest BCUT2D eigenvalue weighted by Gasteiger charge is -2.36. The van der Waals surface area contributed by atoms with Gasteiger partial charge < -0.3 is 20.5 Å². The normalized spacial score (nSPS) is 21.2. The summed E-state index contributed by atoms with van der Waals surface area (Å²) in [4.78, 5) is 12.0. The third-order valence-corrected chi connectivity index (χ3v) is 6.84. The number of carbonyl (C=O) groups excluding carboxylic acids is 1. The van der Waals surface area contributed by atoms with Gasteiger partial charge in [0.25, 0.3) is 0 Å². The minimum atomic E-state index is -3.79. The fourth-order valence-electron chi connectivity index (χ4n) is 3.42. The number of hydrogen-bond acceptors (Lipinski definition) is 5. The van der Waals surface area contributed by atoms with Crippen LogP contribution < -0.4 is 15.4 Å². The van der Waals surface area contributed by atoms with Crippen molar-refractivity contribution in [2.45, 2.75) is 42.4 Å². The van der Waals surface area contributed by atoms with Gasteiger partial charge in [-0.3, -0.25) is 0 Å². The third kappa shape index (κ3) is 6.88. The molecule has 2 amide bonds. The highest BCUT2D eigenvalue weighted by atomic mass is 35.5. The first-order valence-corrected chi connectivity index (χ1v) is 12.0. The summed E-state index contributed by atoms with van der Waals surface area (Å²) in [6.45, 7) is -0.0280. The van der Waals surface area contributed by atoms with E-state index in [4.69, 9.17) is 16.3 Å². The summed E-state index contributed by atoms with van der Waals surface area (Å²) >= 11 is 5.81. The van der Waals surface area contributed by atoms with Gasteiger partial charge in [0.1, 0.15) is 5.82 Å². The van der Waals surface area contributed by atoms with Crippen molar-refractivity contribution < 1.29 is 27.4 Å². The number of nitrogens with one attached hydrogen (secondary N) is 3. The quantitative estimate of drug-likeness (QED) is 0.458. The number of halogens is 2. The number of rotatable bonds is 8. The first kappa shape index (κ1) is 24.4. The number of carbonyl (C=O) groups is 1. The van der Waals surface area contributed by atoms with E-state index in [0.29, 0.717) is 36.5 Å². The van der Waals surface area contributed by atoms with E-state index in [-0.39, 0.29) is 17.6 Å². The van der Waals surface area contributed by atoms with Crippen molar-refractivity contribution in [3.05, 3.63) is 59.4 Å². The molecule has 1 fully saturated rings. The standard InChI is InChI=1S/C21H25ClFN3O5S/c22-14-1-8-18(9-2-14)32(29,30)26-19-10-7-17(31-20(19)13-27)11-12-24-21(28)25-16-5-3-15(23)4-6-16/h1-6,8-9,17,19-20,26-27H,7,10-13H2,(H2,24,25,28)/t17-,19-,20+/m1/s1. The number of hydrogen-bond donors (Lipinski definition) is 4. The topological polar surface area (TPSA) is 117 Å². The molecular formula is C21H25ClFN3O5S. The molecule has 174 valence electrons. The summed E-state index contributed by atoms with van der Waals surface area (Å²) in [5, 5.41) is 15.4. The SMILES string of the molecule is O=C(NCC[C@H]1CC[C@@H](NS(=O)(=O)c2ccc(Cl)cc2)[C@H](CO)O1)Nc1ccc(F)cc1. The number of benzene rings is 2. The predicted octanol–water partition coefficient (Wildman–Crippen LogP) is 2.88. The average Bonchev–Trinajstić information content (AvgIpc) is 2.76. The molecule has 11 heteroatoms. The van der Waals surface area contributed by atoms with Crippen molar-refractivity contribution in [3.8, 4) is 0 Å². The Labute approximate surface area is 191 Å². The first-order valence-electron chi connectivity index (χ1n) is 10.1. The zero-order chi connectivity index (χ0) is 23.1. The molecule has 0 aromatic heterocycles. The van der Waals surface area contributed by atoms with Gasteiger partial charge in [-0.1, -0.05) is 11.6 Å². The van der Waals surface area contributed by atoms with Crippen LogP contribution in [0.5, 0.6) is 0 Å². The van der Waals surface area contributed by atoms with Gasteiger partial charge in [-0.2, -0.15) is 0 Å². The van der Waals surface area contributed by atoms with E-state index in [1.165, 1.54) is 48.5 Å². The van der Waals surface area contributed by atoms with Crippen molar-refractivity contribution in [1.29, 1.82) is 0 Å². The summed E-state index contributed by atoms with van der Waals surface area (Å²) < 4.78 is 46.6. The van der Waals surface area contributed by atoms with Gasteiger partial charge in [0.05, 0.1) is 29.8 Å². The van der Waals surface area contributed by atoms with Crippen molar-refractivity contribution in [3.63, 3.8) is 0 Å². The molecule has 3 rings (SSSR count). The molecule has 1 heterocycles. The van der Waals surface area contributed by atoms with Crippen LogP contribution in [0.1, 0.15) is 19.3 Å². The molecule has 4 N–H and O–H groups in total. The molecule has 0 bridgehead atoms. The fraction of sp³-hybridized carbons (Fsp3) is 0.381. The van der Waals surface area contributed by atoms with Crippen LogP contribution in [-0.4, -0.2) is 51.0 Å². The zero-order valence-corrected chi connectivity index (χ0v) is 18.7. The molecule has 1 aliphatic rings. The maximum atomic E-state index is 12.9. The van der Waals surface area contributed by atoms with Gasteiger partial charge in [0.15, 0.2) is 0 Å². The summed E-state index contributed by atoms with van der Waals surface area (Å²) in [5.74, 6) is -0.391. The van der Waals surface area contributed by atoms with Gasteiger partial charge >= 0.3 is 6.03 Å². The molecule has 0 saturated carbocycles. The summed E-state index contributed by atoms with van der Waals surface area (Å²) in [6, 6.07) is 10.2. The minimum Gasteiger partial charge on any atom is -0.394 e. The van der Waals surface area contributed by atoms with Gasteiger partial charge in [-0.15, -0.1) is 0 Å². The molecule has 2 aromatic rings. The smallest absolute Gasteiger partial charge is 0.319 e. The van der Waals surface area contributed by atoms with E-state index < -0.39 is 34.0 Å². The van der Waals surface area contributed by atoms with Crippen LogP contribution in [0.4, 0.5) is 14.9 Å². The maximum absolute atomic E-state index is 12.9. The first-order chi connectivity index (χ1) is 15.3. The Hall–Kier alpha value is -2.24. The van der Waals surface area contributed by atoms with Crippen LogP contribution in [0.25, 0.3) is 0 Å². The molecule has 8 nitrogen and oxygen atoms in total. The molecule has 1 saturated heterocycles.